The number of nitrogens with zero attached hydrogens (tertiary/aromatic N) is 3. The van der Waals surface area contributed by atoms with E-state index in [4.69, 9.17) is 16.9 Å². The quantitative estimate of drug-likeness (QED) is 0.275. The van der Waals surface area contributed by atoms with Crippen molar-refractivity contribution in [3.63, 3.8) is 0 Å². The summed E-state index contributed by atoms with van der Waals surface area (Å²) in [7, 11) is 1.80. The van der Waals surface area contributed by atoms with Crippen LogP contribution in [-0.2, 0) is 0 Å². The lowest BCUT2D eigenvalue weighted by molar-refractivity contribution is 1.03. The number of hydrogen-bond acceptors (Lipinski definition) is 8. The van der Waals surface area contributed by atoms with Gasteiger partial charge in [-0.25, -0.2) is 4.98 Å². The van der Waals surface area contributed by atoms with Crippen LogP contribution in [-0.4, -0.2) is 27.7 Å². The van der Waals surface area contributed by atoms with Crippen LogP contribution in [0.4, 0.5) is 5.82 Å². The molecule has 1 fully saturated rings. The molecule has 3 aromatic rings. The first kappa shape index (κ1) is 21.0. The van der Waals surface area contributed by atoms with E-state index in [1.807, 2.05) is 36.4 Å². The van der Waals surface area contributed by atoms with E-state index in [0.717, 1.165) is 35.1 Å². The Hall–Kier alpha value is -4.20. The molecule has 0 aromatic carbocycles. The third-order valence-corrected chi connectivity index (χ3v) is 5.19. The van der Waals surface area contributed by atoms with Crippen LogP contribution in [0, 0.1) is 11.3 Å². The molecule has 162 valence electrons. The van der Waals surface area contributed by atoms with Gasteiger partial charge in [0.15, 0.2) is 0 Å². The molecular weight excluding hydrogens is 400 g/mol. The molecule has 7 N–H and O–H groups in total. The number of allylic oxidation sites excluding steroid dienone is 3. The molecule has 0 saturated heterocycles. The number of aromatic nitrogens is 3. The summed E-state index contributed by atoms with van der Waals surface area (Å²) < 4.78 is 0. The van der Waals surface area contributed by atoms with E-state index in [1.165, 1.54) is 0 Å². The zero-order valence-corrected chi connectivity index (χ0v) is 17.8. The number of hydrogen-bond donors (Lipinski definition) is 5. The predicted molar refractivity (Wildman–Crippen MR) is 129 cm³/mol. The zero-order chi connectivity index (χ0) is 22.5. The summed E-state index contributed by atoms with van der Waals surface area (Å²) in [6.07, 6.45) is 12.6. The summed E-state index contributed by atoms with van der Waals surface area (Å²) in [4.78, 5) is 13.3. The van der Waals surface area contributed by atoms with Crippen molar-refractivity contribution in [3.8, 4) is 0 Å². The Bertz CT molecular complexity index is 1220. The van der Waals surface area contributed by atoms with Crippen molar-refractivity contribution in [2.45, 2.75) is 12.8 Å². The molecule has 0 unspecified atom stereocenters. The molecule has 8 nitrogen and oxygen atoms in total. The smallest absolute Gasteiger partial charge is 0.132 e. The molecule has 0 amide bonds. The van der Waals surface area contributed by atoms with Crippen LogP contribution in [0.2, 0.25) is 0 Å². The Morgan fingerprint density at radius 3 is 2.69 bits per heavy atom. The second-order valence-electron chi connectivity index (χ2n) is 7.59. The molecule has 0 spiro atoms. The molecule has 0 atom stereocenters. The third kappa shape index (κ3) is 4.75. The summed E-state index contributed by atoms with van der Waals surface area (Å²) in [6.45, 7) is 0. The largest absolute Gasteiger partial charge is 0.404 e. The molecule has 1 aliphatic carbocycles. The molecule has 0 radical (unpaired) electrons. The Morgan fingerprint density at radius 2 is 2.00 bits per heavy atom. The van der Waals surface area contributed by atoms with Crippen LogP contribution in [0.3, 0.4) is 0 Å². The van der Waals surface area contributed by atoms with Gasteiger partial charge in [-0.05, 0) is 66.9 Å². The second-order valence-corrected chi connectivity index (χ2v) is 7.59. The number of nitrogens with two attached hydrogens (primary N) is 2. The van der Waals surface area contributed by atoms with Gasteiger partial charge in [-0.3, -0.25) is 15.4 Å². The number of fused-ring (bicyclic) bond motifs is 1. The van der Waals surface area contributed by atoms with E-state index in [1.54, 1.807) is 38.0 Å². The van der Waals surface area contributed by atoms with Gasteiger partial charge in [0, 0.05) is 48.5 Å². The van der Waals surface area contributed by atoms with Gasteiger partial charge in [0.2, 0.25) is 0 Å². The highest BCUT2D eigenvalue weighted by Crippen LogP contribution is 2.36. The molecule has 32 heavy (non-hydrogen) atoms. The number of rotatable bonds is 8. The highest BCUT2D eigenvalue weighted by Gasteiger charge is 2.24. The third-order valence-electron chi connectivity index (χ3n) is 5.19. The van der Waals surface area contributed by atoms with Crippen LogP contribution in [0.5, 0.6) is 0 Å². The highest BCUT2D eigenvalue weighted by atomic mass is 15.1. The second kappa shape index (κ2) is 9.30. The first-order valence-electron chi connectivity index (χ1n) is 10.4. The van der Waals surface area contributed by atoms with Gasteiger partial charge in [0.25, 0.3) is 0 Å². The monoisotopic (exact) mass is 426 g/mol. The maximum absolute atomic E-state index is 8.65. The van der Waals surface area contributed by atoms with Crippen molar-refractivity contribution in [3.05, 3.63) is 89.9 Å². The van der Waals surface area contributed by atoms with E-state index < -0.39 is 0 Å². The minimum atomic E-state index is 0.344. The van der Waals surface area contributed by atoms with Crippen molar-refractivity contribution in [1.82, 2.24) is 20.3 Å². The summed E-state index contributed by atoms with van der Waals surface area (Å²) in [6, 6.07) is 9.30. The number of anilines is 1. The molecule has 0 aliphatic heterocycles. The Kier molecular flexibility index (Phi) is 6.12. The summed E-state index contributed by atoms with van der Waals surface area (Å²) >= 11 is 0. The number of nitrogens with one attached hydrogen (secondary N) is 3. The van der Waals surface area contributed by atoms with E-state index >= 15 is 0 Å². The van der Waals surface area contributed by atoms with E-state index in [0.29, 0.717) is 34.4 Å². The maximum atomic E-state index is 8.65. The van der Waals surface area contributed by atoms with Crippen molar-refractivity contribution < 1.29 is 0 Å². The highest BCUT2D eigenvalue weighted by molar-refractivity contribution is 6.30. The normalized spacial score (nSPS) is 15.0. The standard InChI is InChI=1S/C24H26N8/c1-28-14-19(24(27)16-3-2-8-29-12-16)18-9-21-20(30-13-18)6-7-23(31-21)32-22(26)10-17(11-25)15-4-5-15/h2-3,6-15,27-28H,4-5,25-26H2,1H3,(H,31,32)/b17-11+,19-14-,22-10+,27-24?. The minimum Gasteiger partial charge on any atom is -0.404 e. The molecule has 3 aromatic heterocycles. The molecule has 1 aliphatic rings. The fourth-order valence-electron chi connectivity index (χ4n) is 3.42. The zero-order valence-electron chi connectivity index (χ0n) is 17.8. The topological polar surface area (TPSA) is 139 Å². The van der Waals surface area contributed by atoms with Gasteiger partial charge >= 0.3 is 0 Å². The fraction of sp³-hybridized carbons (Fsp3) is 0.167. The number of pyridine rings is 3. The van der Waals surface area contributed by atoms with Gasteiger partial charge in [0.1, 0.15) is 11.6 Å². The Morgan fingerprint density at radius 1 is 1.16 bits per heavy atom. The van der Waals surface area contributed by atoms with Gasteiger partial charge < -0.3 is 22.1 Å². The van der Waals surface area contributed by atoms with Crippen molar-refractivity contribution in [1.29, 1.82) is 5.41 Å². The first-order chi connectivity index (χ1) is 15.6. The molecule has 4 rings (SSSR count). The lowest BCUT2D eigenvalue weighted by Gasteiger charge is -2.11. The molecule has 0 bridgehead atoms. The summed E-state index contributed by atoms with van der Waals surface area (Å²) in [5.74, 6) is 1.60. The van der Waals surface area contributed by atoms with Gasteiger partial charge in [-0.2, -0.15) is 0 Å². The lowest BCUT2D eigenvalue weighted by atomic mass is 9.98. The van der Waals surface area contributed by atoms with Gasteiger partial charge in [-0.1, -0.05) is 0 Å². The van der Waals surface area contributed by atoms with Gasteiger partial charge in [-0.15, -0.1) is 0 Å². The van der Waals surface area contributed by atoms with E-state index in [-0.39, 0.29) is 0 Å². The predicted octanol–water partition coefficient (Wildman–Crippen LogP) is 3.12. The molecule has 1 saturated carbocycles. The lowest BCUT2D eigenvalue weighted by Crippen LogP contribution is -2.11. The van der Waals surface area contributed by atoms with Crippen LogP contribution in [0.1, 0.15) is 24.0 Å². The average molecular weight is 427 g/mol. The van der Waals surface area contributed by atoms with E-state index in [2.05, 4.69) is 25.6 Å². The first-order valence-corrected chi connectivity index (χ1v) is 10.4. The SMILES string of the molecule is CN/C=C(\C(=N)c1cccnc1)c1cnc2ccc(N/C(N)=C/C(=C\N)C3CC3)nc2c1. The van der Waals surface area contributed by atoms with Crippen molar-refractivity contribution in [2.24, 2.45) is 17.4 Å². The Labute approximate surface area is 186 Å². The molecule has 8 heteroatoms. The van der Waals surface area contributed by atoms with Crippen molar-refractivity contribution >= 4 is 28.1 Å². The van der Waals surface area contributed by atoms with Crippen LogP contribution >= 0.6 is 0 Å². The van der Waals surface area contributed by atoms with Crippen LogP contribution in [0.25, 0.3) is 16.6 Å². The average Bonchev–Trinajstić information content (AvgIpc) is 3.66. The fourth-order valence-corrected chi connectivity index (χ4v) is 3.42. The molecular formula is C24H26N8. The molecule has 3 heterocycles. The maximum Gasteiger partial charge on any atom is 0.132 e. The van der Waals surface area contributed by atoms with Crippen LogP contribution < -0.4 is 22.1 Å². The van der Waals surface area contributed by atoms with Crippen LogP contribution in [0.15, 0.2) is 78.8 Å². The minimum absolute atomic E-state index is 0.344. The summed E-state index contributed by atoms with van der Waals surface area (Å²) in [5.41, 5.74) is 16.9. The summed E-state index contributed by atoms with van der Waals surface area (Å²) in [5, 5.41) is 14.8. The van der Waals surface area contributed by atoms with Crippen molar-refractivity contribution in [2.75, 3.05) is 12.4 Å². The Balaban J connectivity index is 1.63. The van der Waals surface area contributed by atoms with E-state index in [9.17, 15) is 0 Å². The van der Waals surface area contributed by atoms with Gasteiger partial charge in [0.05, 0.1) is 16.7 Å².